The summed E-state index contributed by atoms with van der Waals surface area (Å²) < 4.78 is 32.7. The highest BCUT2D eigenvalue weighted by Gasteiger charge is 2.25. The number of piperidine rings is 1. The molecule has 0 spiro atoms. The summed E-state index contributed by atoms with van der Waals surface area (Å²) in [4.78, 5) is 14.4. The number of benzene rings is 2. The van der Waals surface area contributed by atoms with Gasteiger partial charge in [-0.2, -0.15) is 4.31 Å². The van der Waals surface area contributed by atoms with E-state index in [0.29, 0.717) is 44.0 Å². The molecule has 0 radical (unpaired) electrons. The first-order valence-corrected chi connectivity index (χ1v) is 12.3. The third-order valence-corrected chi connectivity index (χ3v) is 7.53. The Kier molecular flexibility index (Phi) is 8.09. The van der Waals surface area contributed by atoms with Crippen LogP contribution in [0.5, 0.6) is 5.75 Å². The molecule has 1 aliphatic rings. The molecule has 0 bridgehead atoms. The lowest BCUT2D eigenvalue weighted by Crippen LogP contribution is -2.35. The first-order chi connectivity index (χ1) is 14.9. The minimum Gasteiger partial charge on any atom is -0.492 e. The third-order valence-electron chi connectivity index (χ3n) is 5.61. The lowest BCUT2D eigenvalue weighted by molar-refractivity contribution is -0.130. The molecule has 31 heavy (non-hydrogen) atoms. The second kappa shape index (κ2) is 10.8. The van der Waals surface area contributed by atoms with Crippen molar-refractivity contribution in [3.63, 3.8) is 0 Å². The van der Waals surface area contributed by atoms with Crippen LogP contribution < -0.4 is 4.74 Å². The molecule has 6 nitrogen and oxygen atoms in total. The molecular weight excluding hydrogens is 412 g/mol. The van der Waals surface area contributed by atoms with E-state index in [1.807, 2.05) is 43.3 Å². The van der Waals surface area contributed by atoms with Crippen LogP contribution in [0.4, 0.5) is 0 Å². The van der Waals surface area contributed by atoms with E-state index in [1.165, 1.54) is 0 Å². The molecule has 0 aromatic heterocycles. The molecule has 0 atom stereocenters. The number of sulfonamides is 1. The summed E-state index contributed by atoms with van der Waals surface area (Å²) in [5, 5.41) is 0. The van der Waals surface area contributed by atoms with Gasteiger partial charge in [0, 0.05) is 26.6 Å². The lowest BCUT2D eigenvalue weighted by Gasteiger charge is -2.25. The van der Waals surface area contributed by atoms with Crippen LogP contribution in [-0.2, 0) is 21.2 Å². The molecule has 2 aromatic rings. The smallest absolute Gasteiger partial charge is 0.243 e. The van der Waals surface area contributed by atoms with E-state index in [0.717, 1.165) is 36.1 Å². The highest BCUT2D eigenvalue weighted by Crippen LogP contribution is 2.21. The van der Waals surface area contributed by atoms with Gasteiger partial charge in [-0.15, -0.1) is 0 Å². The maximum absolute atomic E-state index is 12.7. The Morgan fingerprint density at radius 1 is 1.06 bits per heavy atom. The van der Waals surface area contributed by atoms with Crippen LogP contribution >= 0.6 is 0 Å². The molecule has 168 valence electrons. The van der Waals surface area contributed by atoms with Crippen molar-refractivity contribution in [1.29, 1.82) is 0 Å². The van der Waals surface area contributed by atoms with Crippen LogP contribution in [0.2, 0.25) is 0 Å². The van der Waals surface area contributed by atoms with Gasteiger partial charge in [-0.3, -0.25) is 4.79 Å². The van der Waals surface area contributed by atoms with Gasteiger partial charge in [-0.25, -0.2) is 8.42 Å². The fraction of sp³-hybridized carbons (Fsp3) is 0.458. The monoisotopic (exact) mass is 444 g/mol. The number of aryl methyl sites for hydroxylation is 2. The fourth-order valence-corrected chi connectivity index (χ4v) is 5.17. The Hall–Kier alpha value is -2.38. The van der Waals surface area contributed by atoms with E-state index >= 15 is 0 Å². The van der Waals surface area contributed by atoms with E-state index in [4.69, 9.17) is 4.74 Å². The van der Waals surface area contributed by atoms with Crippen LogP contribution in [0.25, 0.3) is 0 Å². The SMILES string of the molecule is Cc1cccc(OCCN(C)C(=O)CCc2ccc(S(=O)(=O)N3CCCCC3)cc2)c1. The van der Waals surface area contributed by atoms with Gasteiger partial charge in [0.25, 0.3) is 0 Å². The molecule has 1 saturated heterocycles. The Morgan fingerprint density at radius 3 is 2.45 bits per heavy atom. The van der Waals surface area contributed by atoms with E-state index in [-0.39, 0.29) is 5.91 Å². The molecule has 0 saturated carbocycles. The average Bonchev–Trinajstić information content (AvgIpc) is 2.78. The summed E-state index contributed by atoms with van der Waals surface area (Å²) in [7, 11) is -1.64. The molecule has 2 aromatic carbocycles. The van der Waals surface area contributed by atoms with Crippen LogP contribution in [0.3, 0.4) is 0 Å². The van der Waals surface area contributed by atoms with Crippen molar-refractivity contribution in [2.45, 2.75) is 43.9 Å². The molecule has 1 heterocycles. The van der Waals surface area contributed by atoms with E-state index < -0.39 is 10.0 Å². The van der Waals surface area contributed by atoms with Gasteiger partial charge in [0.2, 0.25) is 15.9 Å². The number of hydrogen-bond donors (Lipinski definition) is 0. The van der Waals surface area contributed by atoms with Gasteiger partial charge >= 0.3 is 0 Å². The molecule has 0 unspecified atom stereocenters. The van der Waals surface area contributed by atoms with Crippen molar-refractivity contribution in [2.75, 3.05) is 33.3 Å². The first kappa shape index (κ1) is 23.3. The minimum absolute atomic E-state index is 0.0397. The van der Waals surface area contributed by atoms with Gasteiger partial charge in [0.15, 0.2) is 0 Å². The van der Waals surface area contributed by atoms with Gasteiger partial charge < -0.3 is 9.64 Å². The fourth-order valence-electron chi connectivity index (χ4n) is 3.65. The maximum Gasteiger partial charge on any atom is 0.243 e. The predicted octanol–water partition coefficient (Wildman–Crippen LogP) is 3.64. The topological polar surface area (TPSA) is 66.9 Å². The molecule has 0 aliphatic carbocycles. The number of carbonyl (C=O) groups excluding carboxylic acids is 1. The van der Waals surface area contributed by atoms with Gasteiger partial charge in [0.05, 0.1) is 11.4 Å². The Bertz CT molecular complexity index is 967. The predicted molar refractivity (Wildman–Crippen MR) is 122 cm³/mol. The van der Waals surface area contributed by atoms with Crippen LogP contribution in [0.15, 0.2) is 53.4 Å². The summed E-state index contributed by atoms with van der Waals surface area (Å²) in [6.07, 6.45) is 3.88. The van der Waals surface area contributed by atoms with Crippen LogP contribution in [0, 0.1) is 6.92 Å². The zero-order valence-corrected chi connectivity index (χ0v) is 19.2. The number of amides is 1. The summed E-state index contributed by atoms with van der Waals surface area (Å²) >= 11 is 0. The van der Waals surface area contributed by atoms with Crippen molar-refractivity contribution in [2.24, 2.45) is 0 Å². The Labute approximate surface area is 185 Å². The average molecular weight is 445 g/mol. The highest BCUT2D eigenvalue weighted by atomic mass is 32.2. The first-order valence-electron chi connectivity index (χ1n) is 10.9. The van der Waals surface area contributed by atoms with Gasteiger partial charge in [-0.1, -0.05) is 30.7 Å². The molecule has 1 fully saturated rings. The molecule has 0 N–H and O–H groups in total. The summed E-state index contributed by atoms with van der Waals surface area (Å²) in [6.45, 7) is 4.16. The zero-order chi connectivity index (χ0) is 22.3. The molecule has 1 amide bonds. The Balaban J connectivity index is 1.45. The number of ether oxygens (including phenoxy) is 1. The number of likely N-dealkylation sites (N-methyl/N-ethyl adjacent to an activating group) is 1. The molecule has 1 aliphatic heterocycles. The van der Waals surface area contributed by atoms with E-state index in [2.05, 4.69) is 0 Å². The van der Waals surface area contributed by atoms with Crippen LogP contribution in [-0.4, -0.2) is 56.8 Å². The summed E-state index contributed by atoms with van der Waals surface area (Å²) in [5.41, 5.74) is 2.09. The number of nitrogens with zero attached hydrogens (tertiary/aromatic N) is 2. The lowest BCUT2D eigenvalue weighted by atomic mass is 10.1. The van der Waals surface area contributed by atoms with Crippen molar-refractivity contribution in [3.05, 3.63) is 59.7 Å². The van der Waals surface area contributed by atoms with Gasteiger partial charge in [0.1, 0.15) is 12.4 Å². The minimum atomic E-state index is -3.42. The van der Waals surface area contributed by atoms with E-state index in [1.54, 1.807) is 28.4 Å². The number of hydrogen-bond acceptors (Lipinski definition) is 4. The standard InChI is InChI=1S/C24H32N2O4S/c1-20-7-6-8-22(19-20)30-18-17-25(2)24(27)14-11-21-9-12-23(13-10-21)31(28,29)26-15-4-3-5-16-26/h6-10,12-13,19H,3-5,11,14-18H2,1-2H3. The van der Waals surface area contributed by atoms with Gasteiger partial charge in [-0.05, 0) is 61.6 Å². The van der Waals surface area contributed by atoms with Crippen LogP contribution in [0.1, 0.15) is 36.8 Å². The van der Waals surface area contributed by atoms with Crippen molar-refractivity contribution in [3.8, 4) is 5.75 Å². The molecular formula is C24H32N2O4S. The second-order valence-corrected chi connectivity index (χ2v) is 10.0. The number of carbonyl (C=O) groups is 1. The molecule has 7 heteroatoms. The quantitative estimate of drug-likeness (QED) is 0.592. The maximum atomic E-state index is 12.7. The van der Waals surface area contributed by atoms with E-state index in [9.17, 15) is 13.2 Å². The summed E-state index contributed by atoms with van der Waals surface area (Å²) in [5.74, 6) is 0.846. The normalized spacial score (nSPS) is 14.9. The second-order valence-electron chi connectivity index (χ2n) is 8.09. The third kappa shape index (κ3) is 6.55. The molecule has 3 rings (SSSR count). The number of rotatable bonds is 9. The van der Waals surface area contributed by atoms with Crippen molar-refractivity contribution >= 4 is 15.9 Å². The largest absolute Gasteiger partial charge is 0.492 e. The Morgan fingerprint density at radius 2 is 1.77 bits per heavy atom. The summed E-state index contributed by atoms with van der Waals surface area (Å²) in [6, 6.07) is 14.8. The van der Waals surface area contributed by atoms with Crippen molar-refractivity contribution < 1.29 is 17.9 Å². The zero-order valence-electron chi connectivity index (χ0n) is 18.4. The van der Waals surface area contributed by atoms with Crippen molar-refractivity contribution in [1.82, 2.24) is 9.21 Å². The highest BCUT2D eigenvalue weighted by molar-refractivity contribution is 7.89.